The average molecular weight is 426 g/mol. The van der Waals surface area contributed by atoms with Crippen molar-refractivity contribution in [2.75, 3.05) is 18.5 Å². The Morgan fingerprint density at radius 1 is 1.24 bits per heavy atom. The molecule has 1 aromatic carbocycles. The van der Waals surface area contributed by atoms with Gasteiger partial charge in [-0.1, -0.05) is 5.16 Å². The van der Waals surface area contributed by atoms with Crippen molar-refractivity contribution in [1.82, 2.24) is 0 Å². The van der Waals surface area contributed by atoms with Crippen LogP contribution in [0.5, 0.6) is 5.75 Å². The molecule has 1 N–H and O–H groups in total. The second kappa shape index (κ2) is 10.5. The van der Waals surface area contributed by atoms with Gasteiger partial charge in [-0.05, 0) is 56.2 Å². The van der Waals surface area contributed by atoms with Gasteiger partial charge in [0.25, 0.3) is 5.91 Å². The number of benzene rings is 1. The van der Waals surface area contributed by atoms with Crippen molar-refractivity contribution in [2.45, 2.75) is 27.4 Å². The van der Waals surface area contributed by atoms with Gasteiger partial charge in [0.1, 0.15) is 10.8 Å². The molecule has 0 saturated carbocycles. The molecule has 2 rings (SSSR count). The lowest BCUT2D eigenvalue weighted by Crippen LogP contribution is -2.18. The Balaban J connectivity index is 1.90. The molecule has 2 aromatic rings. The van der Waals surface area contributed by atoms with E-state index in [-0.39, 0.29) is 19.0 Å². The van der Waals surface area contributed by atoms with Crippen LogP contribution in [0.3, 0.4) is 0 Å². The van der Waals surface area contributed by atoms with Gasteiger partial charge >= 0.3 is 12.6 Å². The van der Waals surface area contributed by atoms with E-state index in [9.17, 15) is 18.4 Å². The number of alkyl halides is 2. The van der Waals surface area contributed by atoms with Crippen LogP contribution >= 0.6 is 11.3 Å². The Morgan fingerprint density at radius 3 is 2.55 bits per heavy atom. The number of amides is 1. The number of nitrogens with one attached hydrogen (secondary N) is 1. The number of aryl methyl sites for hydroxylation is 1. The van der Waals surface area contributed by atoms with Crippen LogP contribution in [0.25, 0.3) is 0 Å². The molecule has 0 atom stereocenters. The van der Waals surface area contributed by atoms with Gasteiger partial charge in [0, 0.05) is 4.88 Å². The quantitative estimate of drug-likeness (QED) is 0.370. The Bertz CT molecular complexity index is 881. The fourth-order valence-corrected chi connectivity index (χ4v) is 3.32. The molecular formula is C19H20F2N2O5S. The van der Waals surface area contributed by atoms with Crippen LogP contribution in [0.2, 0.25) is 0 Å². The molecule has 0 aliphatic rings. The second-order valence-corrected chi connectivity index (χ2v) is 6.94. The summed E-state index contributed by atoms with van der Waals surface area (Å²) in [7, 11) is 0. The molecule has 0 fully saturated rings. The van der Waals surface area contributed by atoms with E-state index in [1.165, 1.54) is 41.8 Å². The second-order valence-electron chi connectivity index (χ2n) is 5.71. The number of esters is 1. The normalized spacial score (nSPS) is 11.0. The third-order valence-corrected chi connectivity index (χ3v) is 4.82. The number of nitrogens with zero attached hydrogens (tertiary/aromatic N) is 1. The number of carbonyl (C=O) groups excluding carboxylic acids is 2. The van der Waals surface area contributed by atoms with Crippen molar-refractivity contribution in [1.29, 1.82) is 0 Å². The molecule has 1 aromatic heterocycles. The molecule has 1 heterocycles. The van der Waals surface area contributed by atoms with Crippen LogP contribution in [-0.4, -0.2) is 37.9 Å². The summed E-state index contributed by atoms with van der Waals surface area (Å²) >= 11 is 1.27. The van der Waals surface area contributed by atoms with Gasteiger partial charge in [0.2, 0.25) is 0 Å². The van der Waals surface area contributed by atoms with Crippen LogP contribution in [-0.2, 0) is 14.4 Å². The first-order valence-corrected chi connectivity index (χ1v) is 9.40. The fraction of sp³-hybridized carbons (Fsp3) is 0.316. The largest absolute Gasteiger partial charge is 0.462 e. The zero-order valence-electron chi connectivity index (χ0n) is 16.0. The third kappa shape index (κ3) is 6.53. The van der Waals surface area contributed by atoms with Crippen LogP contribution in [0.1, 0.15) is 33.3 Å². The minimum Gasteiger partial charge on any atom is -0.462 e. The number of oxime groups is 1. The fourth-order valence-electron chi connectivity index (χ4n) is 2.26. The van der Waals surface area contributed by atoms with E-state index in [4.69, 9.17) is 9.57 Å². The van der Waals surface area contributed by atoms with Gasteiger partial charge in [-0.25, -0.2) is 4.79 Å². The topological polar surface area (TPSA) is 86.2 Å². The number of thiophene rings is 1. The lowest BCUT2D eigenvalue weighted by Gasteiger charge is -2.06. The van der Waals surface area contributed by atoms with Crippen molar-refractivity contribution in [3.8, 4) is 5.75 Å². The van der Waals surface area contributed by atoms with E-state index in [0.717, 1.165) is 10.4 Å². The highest BCUT2D eigenvalue weighted by Crippen LogP contribution is 2.33. The van der Waals surface area contributed by atoms with Gasteiger partial charge in [-0.15, -0.1) is 11.3 Å². The summed E-state index contributed by atoms with van der Waals surface area (Å²) < 4.78 is 33.5. The molecule has 29 heavy (non-hydrogen) atoms. The van der Waals surface area contributed by atoms with Crippen molar-refractivity contribution >= 4 is 34.4 Å². The first-order valence-electron chi connectivity index (χ1n) is 8.59. The highest BCUT2D eigenvalue weighted by atomic mass is 32.1. The predicted octanol–water partition coefficient (Wildman–Crippen LogP) is 4.13. The van der Waals surface area contributed by atoms with E-state index in [1.807, 2.05) is 6.92 Å². The number of ether oxygens (including phenoxy) is 2. The van der Waals surface area contributed by atoms with Crippen LogP contribution in [0, 0.1) is 13.8 Å². The molecule has 0 aliphatic heterocycles. The summed E-state index contributed by atoms with van der Waals surface area (Å²) in [6, 6.07) is 5.73. The summed E-state index contributed by atoms with van der Waals surface area (Å²) in [5, 5.41) is 6.68. The summed E-state index contributed by atoms with van der Waals surface area (Å²) in [6.07, 6.45) is 1.32. The molecule has 0 unspecified atom stereocenters. The summed E-state index contributed by atoms with van der Waals surface area (Å²) in [5.74, 6) is -0.964. The van der Waals surface area contributed by atoms with Crippen molar-refractivity contribution < 1.29 is 32.7 Å². The van der Waals surface area contributed by atoms with E-state index < -0.39 is 18.5 Å². The minimum absolute atomic E-state index is 0.0244. The molecule has 0 spiro atoms. The zero-order valence-corrected chi connectivity index (χ0v) is 16.8. The average Bonchev–Trinajstić information content (AvgIpc) is 2.93. The van der Waals surface area contributed by atoms with Crippen molar-refractivity contribution in [3.05, 3.63) is 45.8 Å². The van der Waals surface area contributed by atoms with E-state index in [0.29, 0.717) is 16.1 Å². The summed E-state index contributed by atoms with van der Waals surface area (Å²) in [6.45, 7) is 2.30. The molecule has 0 aliphatic carbocycles. The summed E-state index contributed by atoms with van der Waals surface area (Å²) in [5.41, 5.74) is 1.65. The number of hydrogen-bond donors (Lipinski definition) is 1. The SMILES string of the molecule is CCOC(=O)c1c(NC(=O)CO/N=C/c2ccc(OC(F)F)cc2)sc(C)c1C. The molecular weight excluding hydrogens is 406 g/mol. The maximum atomic E-state index is 12.1. The molecule has 7 nitrogen and oxygen atoms in total. The van der Waals surface area contributed by atoms with Gasteiger partial charge in [-0.2, -0.15) is 8.78 Å². The zero-order chi connectivity index (χ0) is 21.4. The monoisotopic (exact) mass is 426 g/mol. The Kier molecular flexibility index (Phi) is 8.08. The van der Waals surface area contributed by atoms with E-state index in [2.05, 4.69) is 15.2 Å². The van der Waals surface area contributed by atoms with Crippen LogP contribution in [0.15, 0.2) is 29.4 Å². The lowest BCUT2D eigenvalue weighted by molar-refractivity contribution is -0.120. The highest BCUT2D eigenvalue weighted by molar-refractivity contribution is 7.16. The maximum absolute atomic E-state index is 12.1. The van der Waals surface area contributed by atoms with E-state index >= 15 is 0 Å². The van der Waals surface area contributed by atoms with Crippen LogP contribution in [0.4, 0.5) is 13.8 Å². The van der Waals surface area contributed by atoms with E-state index in [1.54, 1.807) is 13.8 Å². The maximum Gasteiger partial charge on any atom is 0.387 e. The molecule has 0 saturated heterocycles. The predicted molar refractivity (Wildman–Crippen MR) is 105 cm³/mol. The molecule has 0 bridgehead atoms. The number of rotatable bonds is 9. The summed E-state index contributed by atoms with van der Waals surface area (Å²) in [4.78, 5) is 30.0. The van der Waals surface area contributed by atoms with Crippen molar-refractivity contribution in [3.63, 3.8) is 0 Å². The number of carbonyl (C=O) groups is 2. The van der Waals surface area contributed by atoms with Crippen molar-refractivity contribution in [2.24, 2.45) is 5.16 Å². The van der Waals surface area contributed by atoms with Gasteiger partial charge in [-0.3, -0.25) is 4.79 Å². The Labute approximate surface area is 170 Å². The lowest BCUT2D eigenvalue weighted by atomic mass is 10.1. The van der Waals surface area contributed by atoms with Gasteiger partial charge < -0.3 is 19.6 Å². The molecule has 0 radical (unpaired) electrons. The molecule has 10 heteroatoms. The molecule has 1 amide bonds. The minimum atomic E-state index is -2.89. The van der Waals surface area contributed by atoms with Gasteiger partial charge in [0.15, 0.2) is 6.61 Å². The first-order chi connectivity index (χ1) is 13.8. The number of halogens is 2. The Hall–Kier alpha value is -3.01. The third-order valence-electron chi connectivity index (χ3n) is 3.70. The smallest absolute Gasteiger partial charge is 0.387 e. The first kappa shape index (κ1) is 22.3. The highest BCUT2D eigenvalue weighted by Gasteiger charge is 2.22. The standard InChI is InChI=1S/C19H20F2N2O5S/c1-4-26-18(25)16-11(2)12(3)29-17(16)23-15(24)10-27-22-9-13-5-7-14(8-6-13)28-19(20)21/h5-9,19H,4,10H2,1-3H3,(H,23,24)/b22-9+. The Morgan fingerprint density at radius 2 is 1.93 bits per heavy atom. The number of hydrogen-bond acceptors (Lipinski definition) is 7. The van der Waals surface area contributed by atoms with Crippen LogP contribution < -0.4 is 10.1 Å². The number of anilines is 1. The molecule has 156 valence electrons. The van der Waals surface area contributed by atoms with Gasteiger partial charge in [0.05, 0.1) is 18.4 Å².